The summed E-state index contributed by atoms with van der Waals surface area (Å²) >= 11 is 3.34. The van der Waals surface area contributed by atoms with E-state index in [1.54, 1.807) is 37.4 Å². The Kier molecular flexibility index (Phi) is 3.67. The lowest BCUT2D eigenvalue weighted by atomic mass is 10.0. The maximum absolute atomic E-state index is 12.2. The van der Waals surface area contributed by atoms with Gasteiger partial charge in [-0.15, -0.1) is 0 Å². The molecule has 4 heteroatoms. The monoisotopic (exact) mass is 306 g/mol. The normalized spacial score (nSPS) is 10.1. The van der Waals surface area contributed by atoms with E-state index in [1.165, 1.54) is 12.1 Å². The fourth-order valence-electron chi connectivity index (χ4n) is 1.59. The zero-order valence-corrected chi connectivity index (χ0v) is 11.3. The molecule has 0 saturated carbocycles. The van der Waals surface area contributed by atoms with Crippen molar-refractivity contribution in [1.29, 1.82) is 0 Å². The van der Waals surface area contributed by atoms with Crippen LogP contribution >= 0.6 is 15.9 Å². The van der Waals surface area contributed by atoms with E-state index in [0.29, 0.717) is 16.9 Å². The van der Waals surface area contributed by atoms with Crippen molar-refractivity contribution in [2.75, 3.05) is 7.11 Å². The summed E-state index contributed by atoms with van der Waals surface area (Å²) in [5.41, 5.74) is 1.10. The molecular weight excluding hydrogens is 296 g/mol. The Morgan fingerprint density at radius 2 is 1.72 bits per heavy atom. The molecule has 0 radical (unpaired) electrons. The number of phenols is 1. The number of phenolic OH excluding ortho intramolecular Hbond substituents is 1. The molecule has 0 bridgehead atoms. The summed E-state index contributed by atoms with van der Waals surface area (Å²) in [6.07, 6.45) is 0. The van der Waals surface area contributed by atoms with Crippen LogP contribution < -0.4 is 4.74 Å². The van der Waals surface area contributed by atoms with E-state index in [9.17, 15) is 9.90 Å². The Labute approximate surface area is 113 Å². The summed E-state index contributed by atoms with van der Waals surface area (Å²) in [5, 5.41) is 9.19. The van der Waals surface area contributed by atoms with Crippen molar-refractivity contribution in [2.45, 2.75) is 0 Å². The Morgan fingerprint density at radius 1 is 1.11 bits per heavy atom. The number of hydrogen-bond donors (Lipinski definition) is 1. The first-order chi connectivity index (χ1) is 8.61. The Morgan fingerprint density at radius 3 is 2.28 bits per heavy atom. The predicted octanol–water partition coefficient (Wildman–Crippen LogP) is 3.39. The number of benzene rings is 2. The highest BCUT2D eigenvalue weighted by Crippen LogP contribution is 2.26. The van der Waals surface area contributed by atoms with Gasteiger partial charge in [-0.05, 0) is 58.4 Å². The van der Waals surface area contributed by atoms with E-state index in [2.05, 4.69) is 15.9 Å². The van der Waals surface area contributed by atoms with Gasteiger partial charge in [0, 0.05) is 11.1 Å². The zero-order valence-electron chi connectivity index (χ0n) is 9.68. The third-order valence-corrected chi connectivity index (χ3v) is 3.16. The Hall–Kier alpha value is -1.81. The average Bonchev–Trinajstić information content (AvgIpc) is 2.38. The molecule has 2 aromatic rings. The predicted molar refractivity (Wildman–Crippen MR) is 72.2 cm³/mol. The lowest BCUT2D eigenvalue weighted by Gasteiger charge is -2.06. The van der Waals surface area contributed by atoms with Crippen LogP contribution in [0.15, 0.2) is 46.9 Å². The Balaban J connectivity index is 2.34. The molecule has 2 rings (SSSR count). The van der Waals surface area contributed by atoms with Gasteiger partial charge in [0.2, 0.25) is 0 Å². The molecule has 1 N–H and O–H groups in total. The van der Waals surface area contributed by atoms with Gasteiger partial charge in [0.15, 0.2) is 5.78 Å². The van der Waals surface area contributed by atoms with Crippen molar-refractivity contribution in [3.63, 3.8) is 0 Å². The summed E-state index contributed by atoms with van der Waals surface area (Å²) in [6, 6.07) is 11.3. The van der Waals surface area contributed by atoms with Crippen molar-refractivity contribution < 1.29 is 14.6 Å². The Bertz CT molecular complexity index is 576. The summed E-state index contributed by atoms with van der Waals surface area (Å²) in [5.74, 6) is 0.720. The number of aromatic hydroxyl groups is 1. The number of ether oxygens (including phenoxy) is 1. The van der Waals surface area contributed by atoms with E-state index in [4.69, 9.17) is 4.74 Å². The van der Waals surface area contributed by atoms with Crippen LogP contribution in [-0.2, 0) is 0 Å². The fraction of sp³-hybridized carbons (Fsp3) is 0.0714. The summed E-state index contributed by atoms with van der Waals surface area (Å²) in [6.45, 7) is 0. The van der Waals surface area contributed by atoms with E-state index < -0.39 is 0 Å². The first kappa shape index (κ1) is 12.6. The maximum Gasteiger partial charge on any atom is 0.193 e. The third kappa shape index (κ3) is 2.54. The van der Waals surface area contributed by atoms with Gasteiger partial charge in [-0.1, -0.05) is 0 Å². The molecule has 92 valence electrons. The minimum absolute atomic E-state index is 0.0987. The van der Waals surface area contributed by atoms with Gasteiger partial charge in [0.25, 0.3) is 0 Å². The highest BCUT2D eigenvalue weighted by Gasteiger charge is 2.11. The zero-order chi connectivity index (χ0) is 13.1. The van der Waals surface area contributed by atoms with Gasteiger partial charge in [0.05, 0.1) is 11.6 Å². The lowest BCUT2D eigenvalue weighted by Crippen LogP contribution is -2.01. The van der Waals surface area contributed by atoms with Crippen LogP contribution in [-0.4, -0.2) is 18.0 Å². The largest absolute Gasteiger partial charge is 0.508 e. The van der Waals surface area contributed by atoms with Crippen LogP contribution in [0.2, 0.25) is 0 Å². The molecule has 0 unspecified atom stereocenters. The van der Waals surface area contributed by atoms with Gasteiger partial charge in [-0.25, -0.2) is 0 Å². The van der Waals surface area contributed by atoms with Crippen LogP contribution in [0.4, 0.5) is 0 Å². The van der Waals surface area contributed by atoms with Crippen LogP contribution in [0.1, 0.15) is 15.9 Å². The second kappa shape index (κ2) is 5.23. The van der Waals surface area contributed by atoms with E-state index >= 15 is 0 Å². The highest BCUT2D eigenvalue weighted by atomic mass is 79.9. The molecule has 18 heavy (non-hydrogen) atoms. The quantitative estimate of drug-likeness (QED) is 0.884. The van der Waals surface area contributed by atoms with Crippen LogP contribution in [0, 0.1) is 0 Å². The van der Waals surface area contributed by atoms with Crippen molar-refractivity contribution >= 4 is 21.7 Å². The molecule has 0 heterocycles. The standard InChI is InChI=1S/C14H11BrO3/c1-18-13-7-4-10(8-12(13)15)14(17)9-2-5-11(16)6-3-9/h2-8,16H,1H3. The van der Waals surface area contributed by atoms with Crippen LogP contribution in [0.3, 0.4) is 0 Å². The molecule has 0 aliphatic carbocycles. The number of ketones is 1. The smallest absolute Gasteiger partial charge is 0.193 e. The molecule has 0 fully saturated rings. The number of hydrogen-bond acceptors (Lipinski definition) is 3. The summed E-state index contributed by atoms with van der Waals surface area (Å²) in [4.78, 5) is 12.2. The van der Waals surface area contributed by atoms with Crippen molar-refractivity contribution in [3.8, 4) is 11.5 Å². The van der Waals surface area contributed by atoms with Gasteiger partial charge >= 0.3 is 0 Å². The van der Waals surface area contributed by atoms with Gasteiger partial charge in [-0.3, -0.25) is 4.79 Å². The average molecular weight is 307 g/mol. The first-order valence-electron chi connectivity index (χ1n) is 5.29. The molecule has 0 saturated heterocycles. The number of rotatable bonds is 3. The molecule has 0 aliphatic rings. The minimum Gasteiger partial charge on any atom is -0.508 e. The molecule has 0 aliphatic heterocycles. The van der Waals surface area contributed by atoms with E-state index in [0.717, 1.165) is 4.47 Å². The number of carbonyl (C=O) groups excluding carboxylic acids is 1. The second-order valence-electron chi connectivity index (χ2n) is 3.73. The van der Waals surface area contributed by atoms with E-state index in [1.807, 2.05) is 0 Å². The van der Waals surface area contributed by atoms with E-state index in [-0.39, 0.29) is 11.5 Å². The van der Waals surface area contributed by atoms with Crippen LogP contribution in [0.5, 0.6) is 11.5 Å². The van der Waals surface area contributed by atoms with Gasteiger partial charge in [-0.2, -0.15) is 0 Å². The highest BCUT2D eigenvalue weighted by molar-refractivity contribution is 9.10. The molecule has 0 amide bonds. The second-order valence-corrected chi connectivity index (χ2v) is 4.58. The SMILES string of the molecule is COc1ccc(C(=O)c2ccc(O)cc2)cc1Br. The van der Waals surface area contributed by atoms with Crippen LogP contribution in [0.25, 0.3) is 0 Å². The minimum atomic E-state index is -0.0987. The van der Waals surface area contributed by atoms with Crippen molar-refractivity contribution in [1.82, 2.24) is 0 Å². The molecule has 2 aromatic carbocycles. The molecule has 0 aromatic heterocycles. The summed E-state index contributed by atoms with van der Waals surface area (Å²) < 4.78 is 5.84. The molecule has 0 atom stereocenters. The first-order valence-corrected chi connectivity index (χ1v) is 6.08. The van der Waals surface area contributed by atoms with Gasteiger partial charge < -0.3 is 9.84 Å². The molecule has 3 nitrogen and oxygen atoms in total. The third-order valence-electron chi connectivity index (χ3n) is 2.54. The van der Waals surface area contributed by atoms with Crippen molar-refractivity contribution in [2.24, 2.45) is 0 Å². The molecular formula is C14H11BrO3. The van der Waals surface area contributed by atoms with Crippen molar-refractivity contribution in [3.05, 3.63) is 58.1 Å². The number of halogens is 1. The number of methoxy groups -OCH3 is 1. The topological polar surface area (TPSA) is 46.5 Å². The maximum atomic E-state index is 12.2. The van der Waals surface area contributed by atoms with Gasteiger partial charge in [0.1, 0.15) is 11.5 Å². The summed E-state index contributed by atoms with van der Waals surface area (Å²) in [7, 11) is 1.57. The fourth-order valence-corrected chi connectivity index (χ4v) is 2.13. The number of carbonyl (C=O) groups is 1. The molecule has 0 spiro atoms. The lowest BCUT2D eigenvalue weighted by molar-refractivity contribution is 0.103.